The first-order chi connectivity index (χ1) is 13.2. The summed E-state index contributed by atoms with van der Waals surface area (Å²) in [6.45, 7) is 3.36. The van der Waals surface area contributed by atoms with Crippen LogP contribution in [0.1, 0.15) is 27.3 Å². The number of aromatic nitrogens is 1. The number of methoxy groups -OCH3 is 1. The average molecular weight is 369 g/mol. The van der Waals surface area contributed by atoms with Gasteiger partial charge in [-0.15, -0.1) is 0 Å². The van der Waals surface area contributed by atoms with Crippen molar-refractivity contribution in [3.8, 4) is 0 Å². The highest BCUT2D eigenvalue weighted by Crippen LogP contribution is 2.23. The van der Waals surface area contributed by atoms with Crippen LogP contribution in [0.5, 0.6) is 0 Å². The molecule has 2 amide bonds. The van der Waals surface area contributed by atoms with Gasteiger partial charge in [0.25, 0.3) is 11.8 Å². The van der Waals surface area contributed by atoms with Crippen molar-refractivity contribution < 1.29 is 14.3 Å². The molecule has 0 radical (unpaired) electrons. The Morgan fingerprint density at radius 2 is 2.30 bits per heavy atom. The zero-order valence-corrected chi connectivity index (χ0v) is 15.3. The number of aryl methyl sites for hydroxylation is 1. The number of hydrogen-bond donors (Lipinski definition) is 2. The summed E-state index contributed by atoms with van der Waals surface area (Å²) >= 11 is 0. The van der Waals surface area contributed by atoms with Crippen molar-refractivity contribution in [1.29, 1.82) is 0 Å². The van der Waals surface area contributed by atoms with E-state index >= 15 is 0 Å². The number of ether oxygens (including phenoxy) is 1. The predicted octanol–water partition coefficient (Wildman–Crippen LogP) is 0.821. The normalized spacial score (nSPS) is 19.1. The summed E-state index contributed by atoms with van der Waals surface area (Å²) in [5, 5.41) is 13.0. The van der Waals surface area contributed by atoms with Gasteiger partial charge in [-0.3, -0.25) is 14.6 Å². The van der Waals surface area contributed by atoms with E-state index in [0.717, 1.165) is 23.9 Å². The van der Waals surface area contributed by atoms with Gasteiger partial charge in [-0.05, 0) is 24.6 Å². The number of amides is 2. The molecule has 4 rings (SSSR count). The molecule has 1 unspecified atom stereocenters. The minimum Gasteiger partial charge on any atom is -0.383 e. The first-order valence-corrected chi connectivity index (χ1v) is 9.16. The van der Waals surface area contributed by atoms with Crippen LogP contribution in [0.15, 0.2) is 29.4 Å². The minimum atomic E-state index is -0.143. The lowest BCUT2D eigenvalue weighted by atomic mass is 10.1. The van der Waals surface area contributed by atoms with E-state index in [-0.39, 0.29) is 17.9 Å². The Kier molecular flexibility index (Phi) is 4.81. The first kappa shape index (κ1) is 17.5. The lowest BCUT2D eigenvalue weighted by molar-refractivity contribution is 0.0937. The fraction of sp³-hybridized carbons (Fsp3) is 0.421. The number of carbonyl (C=O) groups excluding carboxylic acids is 2. The average Bonchev–Trinajstić information content (AvgIpc) is 3.22. The summed E-state index contributed by atoms with van der Waals surface area (Å²) < 4.78 is 7.05. The highest BCUT2D eigenvalue weighted by atomic mass is 16.5. The number of carbonyl (C=O) groups is 2. The van der Waals surface area contributed by atoms with Gasteiger partial charge < -0.3 is 19.9 Å². The summed E-state index contributed by atoms with van der Waals surface area (Å²) in [6.07, 6.45) is 2.62. The maximum atomic E-state index is 12.7. The number of benzene rings is 1. The van der Waals surface area contributed by atoms with Crippen LogP contribution in [0, 0.1) is 0 Å². The van der Waals surface area contributed by atoms with Gasteiger partial charge in [0.15, 0.2) is 0 Å². The van der Waals surface area contributed by atoms with Gasteiger partial charge in [-0.2, -0.15) is 5.10 Å². The number of nitrogens with one attached hydrogen (secondary N) is 2. The third-order valence-electron chi connectivity index (χ3n) is 4.93. The molecule has 3 heterocycles. The van der Waals surface area contributed by atoms with Crippen molar-refractivity contribution in [1.82, 2.24) is 20.2 Å². The van der Waals surface area contributed by atoms with Crippen LogP contribution in [0.3, 0.4) is 0 Å². The Morgan fingerprint density at radius 3 is 3.15 bits per heavy atom. The van der Waals surface area contributed by atoms with Crippen LogP contribution < -0.4 is 10.6 Å². The van der Waals surface area contributed by atoms with E-state index in [4.69, 9.17) is 4.74 Å². The molecule has 0 aliphatic carbocycles. The predicted molar refractivity (Wildman–Crippen MR) is 102 cm³/mol. The Hall–Kier alpha value is -2.87. The molecule has 8 nitrogen and oxygen atoms in total. The van der Waals surface area contributed by atoms with Gasteiger partial charge in [-0.1, -0.05) is 6.07 Å². The topological polar surface area (TPSA) is 88.0 Å². The van der Waals surface area contributed by atoms with E-state index in [0.29, 0.717) is 37.5 Å². The molecule has 142 valence electrons. The number of hydrazone groups is 1. The lowest BCUT2D eigenvalue weighted by Crippen LogP contribution is -2.39. The van der Waals surface area contributed by atoms with Gasteiger partial charge >= 0.3 is 0 Å². The molecule has 2 aromatic rings. The quantitative estimate of drug-likeness (QED) is 0.817. The van der Waals surface area contributed by atoms with Gasteiger partial charge in [0, 0.05) is 42.9 Å². The third-order valence-corrected chi connectivity index (χ3v) is 4.93. The van der Waals surface area contributed by atoms with Gasteiger partial charge in [0.1, 0.15) is 5.69 Å². The molecule has 1 aromatic carbocycles. The molecule has 8 heteroatoms. The van der Waals surface area contributed by atoms with Crippen molar-refractivity contribution in [3.63, 3.8) is 0 Å². The number of hydrogen-bond acceptors (Lipinski definition) is 5. The monoisotopic (exact) mass is 369 g/mol. The van der Waals surface area contributed by atoms with Crippen LogP contribution >= 0.6 is 0 Å². The van der Waals surface area contributed by atoms with Crippen LogP contribution in [0.4, 0.5) is 0 Å². The van der Waals surface area contributed by atoms with Gasteiger partial charge in [0.05, 0.1) is 25.7 Å². The second kappa shape index (κ2) is 7.40. The Labute approximate surface area is 157 Å². The SMILES string of the molecule is COCCN1CC(NC(=O)c2ccc3cc4n(c3c2)CCCNC4=O)C=N1. The van der Waals surface area contributed by atoms with Crippen molar-refractivity contribution in [2.24, 2.45) is 5.10 Å². The number of rotatable bonds is 5. The van der Waals surface area contributed by atoms with E-state index in [2.05, 4.69) is 15.7 Å². The Bertz CT molecular complexity index is 904. The number of nitrogens with zero attached hydrogens (tertiary/aromatic N) is 3. The van der Waals surface area contributed by atoms with E-state index in [1.54, 1.807) is 19.4 Å². The molecule has 0 saturated carbocycles. The molecule has 0 bridgehead atoms. The molecule has 1 aromatic heterocycles. The zero-order valence-electron chi connectivity index (χ0n) is 15.3. The minimum absolute atomic E-state index is 0.0620. The summed E-state index contributed by atoms with van der Waals surface area (Å²) in [4.78, 5) is 24.9. The fourth-order valence-electron chi connectivity index (χ4n) is 3.53. The molecule has 2 aliphatic heterocycles. The van der Waals surface area contributed by atoms with E-state index in [9.17, 15) is 9.59 Å². The summed E-state index contributed by atoms with van der Waals surface area (Å²) in [5.74, 6) is -0.205. The Morgan fingerprint density at radius 1 is 1.41 bits per heavy atom. The second-order valence-electron chi connectivity index (χ2n) is 6.81. The fourth-order valence-corrected chi connectivity index (χ4v) is 3.53. The summed E-state index contributed by atoms with van der Waals surface area (Å²) in [5.41, 5.74) is 2.14. The van der Waals surface area contributed by atoms with Crippen molar-refractivity contribution in [3.05, 3.63) is 35.5 Å². The highest BCUT2D eigenvalue weighted by molar-refractivity contribution is 6.02. The first-order valence-electron chi connectivity index (χ1n) is 9.16. The van der Waals surface area contributed by atoms with Gasteiger partial charge in [0.2, 0.25) is 0 Å². The van der Waals surface area contributed by atoms with Crippen LogP contribution in [0.2, 0.25) is 0 Å². The molecule has 0 spiro atoms. The maximum absolute atomic E-state index is 12.7. The van der Waals surface area contributed by atoms with Gasteiger partial charge in [-0.25, -0.2) is 0 Å². The largest absolute Gasteiger partial charge is 0.383 e. The molecular formula is C19H23N5O3. The Balaban J connectivity index is 1.51. The molecule has 0 saturated heterocycles. The van der Waals surface area contributed by atoms with Crippen LogP contribution in [0.25, 0.3) is 10.9 Å². The molecule has 1 atom stereocenters. The third kappa shape index (κ3) is 3.52. The molecule has 27 heavy (non-hydrogen) atoms. The zero-order chi connectivity index (χ0) is 18.8. The van der Waals surface area contributed by atoms with Crippen LogP contribution in [-0.2, 0) is 11.3 Å². The molecule has 0 fully saturated rings. The standard InChI is InChI=1S/C19H23N5O3/c1-27-8-7-23-12-15(11-21-23)22-18(25)14-4-3-13-9-17-19(26)20-5-2-6-24(17)16(13)10-14/h3-4,9-11,15H,2,5-8,12H2,1H3,(H,20,26)(H,22,25). The summed E-state index contributed by atoms with van der Waals surface area (Å²) in [7, 11) is 1.65. The second-order valence-corrected chi connectivity index (χ2v) is 6.81. The molecule has 2 N–H and O–H groups in total. The maximum Gasteiger partial charge on any atom is 0.267 e. The van der Waals surface area contributed by atoms with E-state index < -0.39 is 0 Å². The van der Waals surface area contributed by atoms with E-state index in [1.807, 2.05) is 27.8 Å². The smallest absolute Gasteiger partial charge is 0.267 e. The highest BCUT2D eigenvalue weighted by Gasteiger charge is 2.22. The molecule has 2 aliphatic rings. The van der Waals surface area contributed by atoms with Crippen LogP contribution in [-0.4, -0.2) is 67.0 Å². The van der Waals surface area contributed by atoms with Crippen molar-refractivity contribution in [2.75, 3.05) is 33.4 Å². The summed E-state index contributed by atoms with van der Waals surface area (Å²) in [6, 6.07) is 7.31. The number of fused-ring (bicyclic) bond motifs is 3. The van der Waals surface area contributed by atoms with Crippen molar-refractivity contribution >= 4 is 28.9 Å². The van der Waals surface area contributed by atoms with E-state index in [1.165, 1.54) is 0 Å². The molecular weight excluding hydrogens is 346 g/mol. The lowest BCUT2D eigenvalue weighted by Gasteiger charge is -2.16. The van der Waals surface area contributed by atoms with Crippen molar-refractivity contribution in [2.45, 2.75) is 19.0 Å².